The highest BCUT2D eigenvalue weighted by Crippen LogP contribution is 2.29. The molecule has 7 nitrogen and oxygen atoms in total. The molecule has 0 aliphatic rings. The van der Waals surface area contributed by atoms with E-state index in [4.69, 9.17) is 21.7 Å². The van der Waals surface area contributed by atoms with E-state index in [1.165, 1.54) is 0 Å². The first kappa shape index (κ1) is 23.7. The molecule has 3 N–H and O–H groups in total. The molecule has 0 bridgehead atoms. The van der Waals surface area contributed by atoms with Crippen molar-refractivity contribution in [3.05, 3.63) is 84.4 Å². The standard InChI is InChI=1S/C25H25N3O4S/c1-17(2)32-22-15-9-7-13-20(22)24(30)26-25(33)28-27-23(29)16-31-21-14-8-6-12-19(21)18-10-4-3-5-11-18/h3-15,17H,16H2,1-2H3,(H,27,29)(H2,26,28,30,33). The normalized spacial score (nSPS) is 10.3. The van der Waals surface area contributed by atoms with Crippen LogP contribution in [-0.4, -0.2) is 29.6 Å². The number of carbonyl (C=O) groups excluding carboxylic acids is 2. The van der Waals surface area contributed by atoms with Crippen molar-refractivity contribution in [3.63, 3.8) is 0 Å². The predicted molar refractivity (Wildman–Crippen MR) is 131 cm³/mol. The minimum atomic E-state index is -0.460. The van der Waals surface area contributed by atoms with Gasteiger partial charge in [0.15, 0.2) is 11.7 Å². The summed E-state index contributed by atoms with van der Waals surface area (Å²) in [5.41, 5.74) is 7.12. The zero-order chi connectivity index (χ0) is 23.6. The van der Waals surface area contributed by atoms with E-state index in [-0.39, 0.29) is 17.8 Å². The summed E-state index contributed by atoms with van der Waals surface area (Å²) in [4.78, 5) is 24.7. The molecule has 0 aromatic heterocycles. The van der Waals surface area contributed by atoms with Gasteiger partial charge in [0.1, 0.15) is 11.5 Å². The van der Waals surface area contributed by atoms with Crippen LogP contribution in [0.1, 0.15) is 24.2 Å². The SMILES string of the molecule is CC(C)Oc1ccccc1C(=O)NC(=S)NNC(=O)COc1ccccc1-c1ccccc1. The molecule has 3 aromatic carbocycles. The lowest BCUT2D eigenvalue weighted by Gasteiger charge is -2.15. The van der Waals surface area contributed by atoms with E-state index < -0.39 is 11.8 Å². The minimum absolute atomic E-state index is 0.0580. The number of rotatable bonds is 7. The number of hydrogen-bond donors (Lipinski definition) is 3. The van der Waals surface area contributed by atoms with E-state index in [9.17, 15) is 9.59 Å². The summed E-state index contributed by atoms with van der Waals surface area (Å²) in [5.74, 6) is 0.114. The molecule has 0 spiro atoms. The quantitative estimate of drug-likeness (QED) is 0.364. The van der Waals surface area contributed by atoms with Crippen LogP contribution in [0.3, 0.4) is 0 Å². The number of para-hydroxylation sites is 2. The average Bonchev–Trinajstić information content (AvgIpc) is 2.82. The fraction of sp³-hybridized carbons (Fsp3) is 0.160. The molecule has 3 rings (SSSR count). The first-order valence-electron chi connectivity index (χ1n) is 10.4. The van der Waals surface area contributed by atoms with E-state index in [1.807, 2.05) is 62.4 Å². The molecule has 170 valence electrons. The third-order valence-electron chi connectivity index (χ3n) is 4.37. The molecule has 3 aromatic rings. The molecule has 0 radical (unpaired) electrons. The second kappa shape index (κ2) is 11.6. The highest BCUT2D eigenvalue weighted by atomic mass is 32.1. The summed E-state index contributed by atoms with van der Waals surface area (Å²) >= 11 is 5.10. The lowest BCUT2D eigenvalue weighted by atomic mass is 10.1. The largest absolute Gasteiger partial charge is 0.490 e. The Morgan fingerprint density at radius 3 is 2.21 bits per heavy atom. The smallest absolute Gasteiger partial charge is 0.276 e. The molecular weight excluding hydrogens is 438 g/mol. The van der Waals surface area contributed by atoms with Crippen LogP contribution >= 0.6 is 12.2 Å². The van der Waals surface area contributed by atoms with E-state index in [0.29, 0.717) is 17.1 Å². The summed E-state index contributed by atoms with van der Waals surface area (Å²) in [7, 11) is 0. The lowest BCUT2D eigenvalue weighted by molar-refractivity contribution is -0.123. The summed E-state index contributed by atoms with van der Waals surface area (Å²) in [6.45, 7) is 3.51. The molecule has 2 amide bonds. The van der Waals surface area contributed by atoms with Crippen molar-refractivity contribution in [1.82, 2.24) is 16.2 Å². The predicted octanol–water partition coefficient (Wildman–Crippen LogP) is 3.86. The van der Waals surface area contributed by atoms with E-state index in [2.05, 4.69) is 16.2 Å². The number of nitrogens with one attached hydrogen (secondary N) is 3. The van der Waals surface area contributed by atoms with Gasteiger partial charge in [-0.3, -0.25) is 25.8 Å². The van der Waals surface area contributed by atoms with Gasteiger partial charge in [0.25, 0.3) is 11.8 Å². The molecule has 0 fully saturated rings. The van der Waals surface area contributed by atoms with E-state index in [0.717, 1.165) is 11.1 Å². The maximum Gasteiger partial charge on any atom is 0.276 e. The number of carbonyl (C=O) groups is 2. The van der Waals surface area contributed by atoms with Crippen LogP contribution in [0.15, 0.2) is 78.9 Å². The van der Waals surface area contributed by atoms with Gasteiger partial charge < -0.3 is 9.47 Å². The Labute approximate surface area is 198 Å². The van der Waals surface area contributed by atoms with Crippen molar-refractivity contribution in [2.45, 2.75) is 20.0 Å². The van der Waals surface area contributed by atoms with Crippen molar-refractivity contribution < 1.29 is 19.1 Å². The Hall–Kier alpha value is -3.91. The summed E-state index contributed by atoms with van der Waals surface area (Å²) < 4.78 is 11.3. The van der Waals surface area contributed by atoms with Crippen LogP contribution in [0.4, 0.5) is 0 Å². The topological polar surface area (TPSA) is 88.7 Å². The molecule has 0 saturated carbocycles. The third-order valence-corrected chi connectivity index (χ3v) is 4.57. The minimum Gasteiger partial charge on any atom is -0.490 e. The Kier molecular flexibility index (Phi) is 8.37. The summed E-state index contributed by atoms with van der Waals surface area (Å²) in [6, 6.07) is 24.0. The Bertz CT molecular complexity index is 1120. The third kappa shape index (κ3) is 7.05. The maximum absolute atomic E-state index is 12.5. The van der Waals surface area contributed by atoms with Gasteiger partial charge in [0.2, 0.25) is 0 Å². The highest BCUT2D eigenvalue weighted by Gasteiger charge is 2.15. The Balaban J connectivity index is 1.50. The van der Waals surface area contributed by atoms with Crippen molar-refractivity contribution >= 4 is 29.1 Å². The van der Waals surface area contributed by atoms with E-state index >= 15 is 0 Å². The number of ether oxygens (including phenoxy) is 2. The molecule has 0 aliphatic carbocycles. The Morgan fingerprint density at radius 2 is 1.48 bits per heavy atom. The molecule has 33 heavy (non-hydrogen) atoms. The molecule has 0 heterocycles. The second-order valence-corrected chi connectivity index (χ2v) is 7.68. The van der Waals surface area contributed by atoms with Crippen molar-refractivity contribution in [3.8, 4) is 22.6 Å². The lowest BCUT2D eigenvalue weighted by Crippen LogP contribution is -2.49. The first-order chi connectivity index (χ1) is 15.9. The number of thiocarbonyl (C=S) groups is 1. The molecule has 0 aliphatic heterocycles. The zero-order valence-corrected chi connectivity index (χ0v) is 19.1. The van der Waals surface area contributed by atoms with Gasteiger partial charge in [-0.25, -0.2) is 0 Å². The number of amides is 2. The molecule has 0 unspecified atom stereocenters. The van der Waals surface area contributed by atoms with Crippen molar-refractivity contribution in [1.29, 1.82) is 0 Å². The number of benzene rings is 3. The summed E-state index contributed by atoms with van der Waals surface area (Å²) in [6.07, 6.45) is -0.0877. The highest BCUT2D eigenvalue weighted by molar-refractivity contribution is 7.80. The van der Waals surface area contributed by atoms with Gasteiger partial charge >= 0.3 is 0 Å². The van der Waals surface area contributed by atoms with Crippen LogP contribution in [0.5, 0.6) is 11.5 Å². The average molecular weight is 464 g/mol. The fourth-order valence-corrected chi connectivity index (χ4v) is 3.11. The molecule has 8 heteroatoms. The van der Waals surface area contributed by atoms with Crippen molar-refractivity contribution in [2.75, 3.05) is 6.61 Å². The van der Waals surface area contributed by atoms with Gasteiger partial charge in [-0.1, -0.05) is 60.7 Å². The van der Waals surface area contributed by atoms with Gasteiger partial charge in [-0.15, -0.1) is 0 Å². The van der Waals surface area contributed by atoms with Crippen LogP contribution in [0, 0.1) is 0 Å². The fourth-order valence-electron chi connectivity index (χ4n) is 2.97. The van der Waals surface area contributed by atoms with Crippen LogP contribution in [0.2, 0.25) is 0 Å². The number of hydrogen-bond acceptors (Lipinski definition) is 5. The first-order valence-corrected chi connectivity index (χ1v) is 10.8. The van der Waals surface area contributed by atoms with Crippen molar-refractivity contribution in [2.24, 2.45) is 0 Å². The monoisotopic (exact) mass is 463 g/mol. The maximum atomic E-state index is 12.5. The van der Waals surface area contributed by atoms with Gasteiger partial charge in [-0.2, -0.15) is 0 Å². The zero-order valence-electron chi connectivity index (χ0n) is 18.3. The van der Waals surface area contributed by atoms with Gasteiger partial charge in [-0.05, 0) is 49.8 Å². The van der Waals surface area contributed by atoms with Crippen LogP contribution < -0.4 is 25.6 Å². The van der Waals surface area contributed by atoms with E-state index in [1.54, 1.807) is 30.3 Å². The van der Waals surface area contributed by atoms with Crippen LogP contribution in [0.25, 0.3) is 11.1 Å². The van der Waals surface area contributed by atoms with Crippen LogP contribution in [-0.2, 0) is 4.79 Å². The Morgan fingerprint density at radius 1 is 0.848 bits per heavy atom. The molecular formula is C25H25N3O4S. The van der Waals surface area contributed by atoms with Gasteiger partial charge in [0.05, 0.1) is 11.7 Å². The number of hydrazine groups is 1. The molecule has 0 saturated heterocycles. The molecule has 0 atom stereocenters. The van der Waals surface area contributed by atoms with Gasteiger partial charge in [0, 0.05) is 5.56 Å². The second-order valence-electron chi connectivity index (χ2n) is 7.27. The summed E-state index contributed by atoms with van der Waals surface area (Å²) in [5, 5.41) is 2.46.